The van der Waals surface area contributed by atoms with Gasteiger partial charge < -0.3 is 9.80 Å². The lowest BCUT2D eigenvalue weighted by molar-refractivity contribution is -0.137. The number of nitrogens with zero attached hydrogens (tertiary/aromatic N) is 5. The molecule has 0 aromatic carbocycles. The molecule has 5 nitrogen and oxygen atoms in total. The van der Waals surface area contributed by atoms with Gasteiger partial charge in [0.2, 0.25) is 0 Å². The molecule has 27 heavy (non-hydrogen) atoms. The zero-order valence-electron chi connectivity index (χ0n) is 14.2. The number of pyridine rings is 2. The van der Waals surface area contributed by atoms with E-state index in [2.05, 4.69) is 14.9 Å². The maximum Gasteiger partial charge on any atom is 0.416 e. The summed E-state index contributed by atoms with van der Waals surface area (Å²) in [4.78, 5) is 17.3. The summed E-state index contributed by atoms with van der Waals surface area (Å²) in [6.45, 7) is 2.31. The molecule has 5 heterocycles. The van der Waals surface area contributed by atoms with Crippen molar-refractivity contribution in [3.05, 3.63) is 42.4 Å². The molecule has 2 aliphatic rings. The predicted molar refractivity (Wildman–Crippen MR) is 98.1 cm³/mol. The molecule has 2 fully saturated rings. The molecule has 0 aliphatic carbocycles. The second-order valence-corrected chi connectivity index (χ2v) is 7.96. The van der Waals surface area contributed by atoms with Crippen molar-refractivity contribution >= 4 is 32.5 Å². The highest BCUT2D eigenvalue weighted by atomic mass is 32.1. The van der Waals surface area contributed by atoms with Crippen molar-refractivity contribution in [2.24, 2.45) is 5.92 Å². The number of thiazole rings is 1. The lowest BCUT2D eigenvalue weighted by atomic mass is 10.1. The summed E-state index contributed by atoms with van der Waals surface area (Å²) in [6.07, 6.45) is 1.41. The highest BCUT2D eigenvalue weighted by Crippen LogP contribution is 2.40. The van der Waals surface area contributed by atoms with Crippen LogP contribution in [-0.2, 0) is 6.18 Å². The zero-order chi connectivity index (χ0) is 18.6. The van der Waals surface area contributed by atoms with Crippen molar-refractivity contribution in [1.82, 2.24) is 15.0 Å². The van der Waals surface area contributed by atoms with Crippen LogP contribution in [0, 0.1) is 5.92 Å². The first-order valence-electron chi connectivity index (χ1n) is 8.74. The third-order valence-electron chi connectivity index (χ3n) is 5.37. The first-order valence-corrected chi connectivity index (χ1v) is 9.56. The molecule has 0 saturated carbocycles. The Labute approximate surface area is 157 Å². The summed E-state index contributed by atoms with van der Waals surface area (Å²) in [6, 6.07) is 4.36. The standard InChI is InChI=1S/C18H16F3N5S/c19-18(20,21)12-1-5-23-16(7-12)25-9-11-3-6-26(14(11)10-25)17-24-13-8-22-4-2-15(13)27-17/h1-2,4-5,7-8,11,14H,3,6,9-10H2. The van der Waals surface area contributed by atoms with Crippen LogP contribution in [-0.4, -0.2) is 40.6 Å². The third-order valence-corrected chi connectivity index (χ3v) is 6.44. The molecule has 140 valence electrons. The molecule has 2 aliphatic heterocycles. The Morgan fingerprint density at radius 1 is 1.15 bits per heavy atom. The molecule has 3 aromatic heterocycles. The van der Waals surface area contributed by atoms with Crippen molar-refractivity contribution in [3.63, 3.8) is 0 Å². The number of hydrogen-bond donors (Lipinski definition) is 0. The van der Waals surface area contributed by atoms with Gasteiger partial charge in [-0.2, -0.15) is 13.2 Å². The van der Waals surface area contributed by atoms with E-state index >= 15 is 0 Å². The summed E-state index contributed by atoms with van der Waals surface area (Å²) >= 11 is 1.64. The molecule has 5 rings (SSSR count). The first-order chi connectivity index (χ1) is 13.0. The van der Waals surface area contributed by atoms with Crippen LogP contribution < -0.4 is 9.80 Å². The fourth-order valence-corrected chi connectivity index (χ4v) is 5.06. The maximum absolute atomic E-state index is 13.0. The molecular weight excluding hydrogens is 375 g/mol. The van der Waals surface area contributed by atoms with Crippen molar-refractivity contribution in [2.45, 2.75) is 18.6 Å². The molecule has 0 amide bonds. The molecule has 0 spiro atoms. The van der Waals surface area contributed by atoms with Gasteiger partial charge in [0.25, 0.3) is 0 Å². The summed E-state index contributed by atoms with van der Waals surface area (Å²) in [7, 11) is 0. The summed E-state index contributed by atoms with van der Waals surface area (Å²) in [5.41, 5.74) is 0.232. The van der Waals surface area contributed by atoms with Crippen LogP contribution in [0.2, 0.25) is 0 Å². The fraction of sp³-hybridized carbons (Fsp3) is 0.389. The lowest BCUT2D eigenvalue weighted by Gasteiger charge is -2.25. The van der Waals surface area contributed by atoms with Crippen molar-refractivity contribution in [3.8, 4) is 0 Å². The number of fused-ring (bicyclic) bond motifs is 2. The Morgan fingerprint density at radius 2 is 2.04 bits per heavy atom. The van der Waals surface area contributed by atoms with Gasteiger partial charge in [0, 0.05) is 37.9 Å². The number of hydrogen-bond acceptors (Lipinski definition) is 6. The number of aromatic nitrogens is 3. The van der Waals surface area contributed by atoms with Gasteiger partial charge in [-0.3, -0.25) is 4.98 Å². The fourth-order valence-electron chi connectivity index (χ4n) is 4.04. The molecular formula is C18H16F3N5S. The van der Waals surface area contributed by atoms with E-state index in [4.69, 9.17) is 4.98 Å². The third kappa shape index (κ3) is 2.90. The van der Waals surface area contributed by atoms with Crippen LogP contribution in [0.25, 0.3) is 10.2 Å². The highest BCUT2D eigenvalue weighted by Gasteiger charge is 2.43. The average molecular weight is 391 g/mol. The van der Waals surface area contributed by atoms with Crippen molar-refractivity contribution in [1.29, 1.82) is 0 Å². The van der Waals surface area contributed by atoms with Crippen molar-refractivity contribution < 1.29 is 13.2 Å². The van der Waals surface area contributed by atoms with E-state index in [0.717, 1.165) is 47.0 Å². The smallest absolute Gasteiger partial charge is 0.354 e. The largest absolute Gasteiger partial charge is 0.416 e. The molecule has 3 aromatic rings. The topological polar surface area (TPSA) is 45.2 Å². The summed E-state index contributed by atoms with van der Waals surface area (Å²) in [5.74, 6) is 0.805. The Balaban J connectivity index is 1.40. The van der Waals surface area contributed by atoms with Crippen LogP contribution in [0.4, 0.5) is 24.1 Å². The Morgan fingerprint density at radius 3 is 2.85 bits per heavy atom. The van der Waals surface area contributed by atoms with Gasteiger partial charge in [0.1, 0.15) is 11.3 Å². The van der Waals surface area contributed by atoms with Gasteiger partial charge >= 0.3 is 6.18 Å². The van der Waals surface area contributed by atoms with E-state index < -0.39 is 11.7 Å². The van der Waals surface area contributed by atoms with Gasteiger partial charge in [-0.25, -0.2) is 9.97 Å². The van der Waals surface area contributed by atoms with Gasteiger partial charge in [-0.1, -0.05) is 11.3 Å². The number of halogens is 3. The summed E-state index contributed by atoms with van der Waals surface area (Å²) < 4.78 is 40.1. The number of anilines is 2. The minimum Gasteiger partial charge on any atom is -0.354 e. The number of alkyl halides is 3. The molecule has 2 atom stereocenters. The summed E-state index contributed by atoms with van der Waals surface area (Å²) in [5, 5.41) is 0.962. The molecule has 0 bridgehead atoms. The average Bonchev–Trinajstić information content (AvgIpc) is 3.34. The van der Waals surface area contributed by atoms with Crippen LogP contribution >= 0.6 is 11.3 Å². The maximum atomic E-state index is 13.0. The first kappa shape index (κ1) is 16.7. The molecule has 0 radical (unpaired) electrons. The lowest BCUT2D eigenvalue weighted by Crippen LogP contribution is -2.35. The minimum atomic E-state index is -4.35. The van der Waals surface area contributed by atoms with E-state index in [0.29, 0.717) is 18.3 Å². The van der Waals surface area contributed by atoms with Gasteiger partial charge in [0.05, 0.1) is 22.5 Å². The number of rotatable bonds is 2. The van der Waals surface area contributed by atoms with E-state index in [9.17, 15) is 13.2 Å². The molecule has 2 unspecified atom stereocenters. The van der Waals surface area contributed by atoms with E-state index in [1.807, 2.05) is 11.0 Å². The monoisotopic (exact) mass is 391 g/mol. The quantitative estimate of drug-likeness (QED) is 0.665. The van der Waals surface area contributed by atoms with Crippen LogP contribution in [0.15, 0.2) is 36.8 Å². The second kappa shape index (κ2) is 6.05. The normalized spacial score (nSPS) is 22.6. The predicted octanol–water partition coefficient (Wildman–Crippen LogP) is 3.82. The molecule has 0 N–H and O–H groups in total. The van der Waals surface area contributed by atoms with Crippen LogP contribution in [0.1, 0.15) is 12.0 Å². The van der Waals surface area contributed by atoms with Crippen LogP contribution in [0.3, 0.4) is 0 Å². The Kier molecular flexibility index (Phi) is 3.75. The molecule has 2 saturated heterocycles. The SMILES string of the molecule is FC(F)(F)c1ccnc(N2CC3CCN(c4nc5cnccc5s4)C3C2)c1. The van der Waals surface area contributed by atoms with Gasteiger partial charge in [-0.15, -0.1) is 0 Å². The van der Waals surface area contributed by atoms with Gasteiger partial charge in [0.15, 0.2) is 5.13 Å². The minimum absolute atomic E-state index is 0.245. The molecule has 9 heteroatoms. The van der Waals surface area contributed by atoms with Gasteiger partial charge in [-0.05, 0) is 24.6 Å². The Hall–Kier alpha value is -2.42. The van der Waals surface area contributed by atoms with E-state index in [1.54, 1.807) is 23.7 Å². The second-order valence-electron chi connectivity index (χ2n) is 6.95. The van der Waals surface area contributed by atoms with Crippen LogP contribution in [0.5, 0.6) is 0 Å². The highest BCUT2D eigenvalue weighted by molar-refractivity contribution is 7.22. The van der Waals surface area contributed by atoms with E-state index in [1.165, 1.54) is 6.20 Å². The van der Waals surface area contributed by atoms with Crippen molar-refractivity contribution in [2.75, 3.05) is 29.4 Å². The zero-order valence-corrected chi connectivity index (χ0v) is 15.0. The van der Waals surface area contributed by atoms with E-state index in [-0.39, 0.29) is 6.04 Å². The Bertz CT molecular complexity index is 955.